The van der Waals surface area contributed by atoms with Gasteiger partial charge in [-0.3, -0.25) is 0 Å². The zero-order chi connectivity index (χ0) is 14.5. The number of para-hydroxylation sites is 1. The summed E-state index contributed by atoms with van der Waals surface area (Å²) in [4.78, 5) is 10.8. The van der Waals surface area contributed by atoms with Crippen molar-refractivity contribution in [3.05, 3.63) is 48.5 Å². The van der Waals surface area contributed by atoms with Gasteiger partial charge in [0.05, 0.1) is 18.6 Å². The van der Waals surface area contributed by atoms with Crippen LogP contribution in [0.1, 0.15) is 5.56 Å². The van der Waals surface area contributed by atoms with Crippen molar-refractivity contribution in [2.24, 2.45) is 10.7 Å². The number of benzene rings is 1. The molecule has 2 heterocycles. The first-order valence-corrected chi connectivity index (χ1v) is 8.19. The molecule has 6 heteroatoms. The first-order chi connectivity index (χ1) is 10.3. The molecule has 0 spiro atoms. The number of imidazole rings is 1. The molecule has 2 aromatic rings. The van der Waals surface area contributed by atoms with Crippen LogP contribution in [0.25, 0.3) is 5.69 Å². The predicted molar refractivity (Wildman–Crippen MR) is 87.8 cm³/mol. The average molecular weight is 301 g/mol. The molecule has 3 rings (SSSR count). The van der Waals surface area contributed by atoms with Gasteiger partial charge in [0.1, 0.15) is 0 Å². The molecule has 5 nitrogen and oxygen atoms in total. The van der Waals surface area contributed by atoms with Gasteiger partial charge in [-0.2, -0.15) is 11.8 Å². The van der Waals surface area contributed by atoms with Crippen LogP contribution in [0.4, 0.5) is 0 Å². The topological polar surface area (TPSA) is 59.4 Å². The highest BCUT2D eigenvalue weighted by Crippen LogP contribution is 2.15. The SMILES string of the molecule is NC(=NCc1ccccc1-n1ccnc1)N1CCSCC1. The van der Waals surface area contributed by atoms with Gasteiger partial charge in [0, 0.05) is 37.0 Å². The summed E-state index contributed by atoms with van der Waals surface area (Å²) >= 11 is 1.97. The van der Waals surface area contributed by atoms with E-state index >= 15 is 0 Å². The van der Waals surface area contributed by atoms with Gasteiger partial charge < -0.3 is 15.2 Å². The Morgan fingerprint density at radius 2 is 2.10 bits per heavy atom. The number of thioether (sulfide) groups is 1. The molecule has 1 aromatic heterocycles. The molecule has 1 saturated heterocycles. The summed E-state index contributed by atoms with van der Waals surface area (Å²) in [6.07, 6.45) is 5.52. The molecular weight excluding hydrogens is 282 g/mol. The molecule has 2 N–H and O–H groups in total. The van der Waals surface area contributed by atoms with Crippen LogP contribution in [0.2, 0.25) is 0 Å². The second kappa shape index (κ2) is 6.67. The first kappa shape index (κ1) is 14.0. The van der Waals surface area contributed by atoms with Crippen molar-refractivity contribution in [3.8, 4) is 5.69 Å². The second-order valence-corrected chi connectivity index (χ2v) is 6.10. The maximum atomic E-state index is 6.11. The zero-order valence-electron chi connectivity index (χ0n) is 11.9. The summed E-state index contributed by atoms with van der Waals surface area (Å²) in [5.41, 5.74) is 8.35. The van der Waals surface area contributed by atoms with Gasteiger partial charge in [0.25, 0.3) is 0 Å². The van der Waals surface area contributed by atoms with Crippen LogP contribution in [0.5, 0.6) is 0 Å². The Kier molecular flexibility index (Phi) is 4.45. The molecular formula is C15H19N5S. The summed E-state index contributed by atoms with van der Waals surface area (Å²) < 4.78 is 2.00. The summed E-state index contributed by atoms with van der Waals surface area (Å²) in [7, 11) is 0. The van der Waals surface area contributed by atoms with Crippen molar-refractivity contribution < 1.29 is 0 Å². The highest BCUT2D eigenvalue weighted by atomic mass is 32.2. The average Bonchev–Trinajstić information content (AvgIpc) is 3.08. The number of nitrogens with zero attached hydrogens (tertiary/aromatic N) is 4. The molecule has 110 valence electrons. The minimum atomic E-state index is 0.587. The number of hydrogen-bond donors (Lipinski definition) is 1. The number of rotatable bonds is 3. The fourth-order valence-electron chi connectivity index (χ4n) is 2.36. The number of aliphatic imine (C=N–C) groups is 1. The molecule has 0 aliphatic carbocycles. The summed E-state index contributed by atoms with van der Waals surface area (Å²) in [6, 6.07) is 8.20. The van der Waals surface area contributed by atoms with E-state index in [9.17, 15) is 0 Å². The molecule has 1 aromatic carbocycles. The van der Waals surface area contributed by atoms with Crippen molar-refractivity contribution in [1.82, 2.24) is 14.5 Å². The van der Waals surface area contributed by atoms with Gasteiger partial charge >= 0.3 is 0 Å². The molecule has 1 aliphatic heterocycles. The monoisotopic (exact) mass is 301 g/mol. The number of guanidine groups is 1. The Balaban J connectivity index is 1.76. The van der Waals surface area contributed by atoms with Crippen molar-refractivity contribution >= 4 is 17.7 Å². The van der Waals surface area contributed by atoms with Crippen LogP contribution in [0.15, 0.2) is 48.0 Å². The molecule has 0 bridgehead atoms. The lowest BCUT2D eigenvalue weighted by molar-refractivity contribution is 0.455. The normalized spacial score (nSPS) is 16.2. The van der Waals surface area contributed by atoms with Crippen LogP contribution >= 0.6 is 11.8 Å². The summed E-state index contributed by atoms with van der Waals surface area (Å²) in [5, 5.41) is 0. The quantitative estimate of drug-likeness (QED) is 0.693. The van der Waals surface area contributed by atoms with Crippen LogP contribution < -0.4 is 5.73 Å². The summed E-state index contributed by atoms with van der Waals surface area (Å²) in [5.74, 6) is 2.90. The van der Waals surface area contributed by atoms with Crippen molar-refractivity contribution in [2.75, 3.05) is 24.6 Å². The largest absolute Gasteiger partial charge is 0.370 e. The van der Waals surface area contributed by atoms with E-state index in [0.717, 1.165) is 35.8 Å². The molecule has 0 saturated carbocycles. The molecule has 1 aliphatic rings. The Morgan fingerprint density at radius 1 is 1.29 bits per heavy atom. The molecule has 0 atom stereocenters. The third-order valence-electron chi connectivity index (χ3n) is 3.52. The van der Waals surface area contributed by atoms with Crippen molar-refractivity contribution in [2.45, 2.75) is 6.54 Å². The van der Waals surface area contributed by atoms with E-state index in [1.165, 1.54) is 0 Å². The fraction of sp³-hybridized carbons (Fsp3) is 0.333. The highest BCUT2D eigenvalue weighted by Gasteiger charge is 2.12. The van der Waals surface area contributed by atoms with Crippen LogP contribution in [-0.4, -0.2) is 45.0 Å². The van der Waals surface area contributed by atoms with Gasteiger partial charge in [-0.25, -0.2) is 9.98 Å². The standard InChI is InChI=1S/C15H19N5S/c16-15(19-7-9-21-10-8-19)18-11-13-3-1-2-4-14(13)20-6-5-17-12-20/h1-6,12H,7-11H2,(H2,16,18). The van der Waals surface area contributed by atoms with E-state index in [1.54, 1.807) is 12.5 Å². The predicted octanol–water partition coefficient (Wildman–Crippen LogP) is 1.74. The van der Waals surface area contributed by atoms with E-state index in [0.29, 0.717) is 12.5 Å². The molecule has 0 unspecified atom stereocenters. The maximum Gasteiger partial charge on any atom is 0.191 e. The van der Waals surface area contributed by atoms with Crippen LogP contribution in [0.3, 0.4) is 0 Å². The lowest BCUT2D eigenvalue weighted by atomic mass is 10.2. The Labute approximate surface area is 128 Å². The van der Waals surface area contributed by atoms with Gasteiger partial charge in [0.15, 0.2) is 5.96 Å². The molecule has 0 radical (unpaired) electrons. The van der Waals surface area contributed by atoms with E-state index < -0.39 is 0 Å². The number of hydrogen-bond acceptors (Lipinski definition) is 3. The van der Waals surface area contributed by atoms with Crippen molar-refractivity contribution in [3.63, 3.8) is 0 Å². The number of nitrogens with two attached hydrogens (primary N) is 1. The lowest BCUT2D eigenvalue weighted by Crippen LogP contribution is -2.42. The third kappa shape index (κ3) is 3.39. The maximum absolute atomic E-state index is 6.11. The number of aromatic nitrogens is 2. The van der Waals surface area contributed by atoms with Crippen LogP contribution in [-0.2, 0) is 6.54 Å². The Bertz CT molecular complexity index is 602. The van der Waals surface area contributed by atoms with Gasteiger partial charge in [0.2, 0.25) is 0 Å². The molecule has 1 fully saturated rings. The third-order valence-corrected chi connectivity index (χ3v) is 4.46. The van der Waals surface area contributed by atoms with Gasteiger partial charge in [-0.15, -0.1) is 0 Å². The zero-order valence-corrected chi connectivity index (χ0v) is 12.7. The Hall–Kier alpha value is -1.95. The minimum Gasteiger partial charge on any atom is -0.370 e. The van der Waals surface area contributed by atoms with Gasteiger partial charge in [-0.1, -0.05) is 18.2 Å². The van der Waals surface area contributed by atoms with E-state index in [2.05, 4.69) is 27.0 Å². The lowest BCUT2D eigenvalue weighted by Gasteiger charge is -2.27. The van der Waals surface area contributed by atoms with Crippen LogP contribution in [0, 0.1) is 0 Å². The van der Waals surface area contributed by atoms with E-state index in [1.807, 2.05) is 34.7 Å². The highest BCUT2D eigenvalue weighted by molar-refractivity contribution is 7.99. The first-order valence-electron chi connectivity index (χ1n) is 7.03. The molecule has 21 heavy (non-hydrogen) atoms. The molecule has 0 amide bonds. The van der Waals surface area contributed by atoms with E-state index in [-0.39, 0.29) is 0 Å². The smallest absolute Gasteiger partial charge is 0.191 e. The fourth-order valence-corrected chi connectivity index (χ4v) is 3.26. The van der Waals surface area contributed by atoms with E-state index in [4.69, 9.17) is 5.73 Å². The second-order valence-electron chi connectivity index (χ2n) is 4.87. The van der Waals surface area contributed by atoms with Crippen molar-refractivity contribution in [1.29, 1.82) is 0 Å². The Morgan fingerprint density at radius 3 is 2.86 bits per heavy atom. The summed E-state index contributed by atoms with van der Waals surface area (Å²) in [6.45, 7) is 2.57. The van der Waals surface area contributed by atoms with Gasteiger partial charge in [-0.05, 0) is 11.6 Å². The minimum absolute atomic E-state index is 0.587.